The molecule has 2 nitrogen and oxygen atoms in total. The molecule has 1 fully saturated rings. The Labute approximate surface area is 102 Å². The lowest BCUT2D eigenvalue weighted by molar-refractivity contribution is 0.0905. The van der Waals surface area contributed by atoms with Gasteiger partial charge in [-0.2, -0.15) is 0 Å². The minimum Gasteiger partial charge on any atom is -0.373 e. The lowest BCUT2D eigenvalue weighted by Gasteiger charge is -2.20. The van der Waals surface area contributed by atoms with Crippen molar-refractivity contribution in [3.63, 3.8) is 0 Å². The standard InChI is InChI=1S/C13H18ClNO/c1-9-7-11(14)3-4-12(9)13-10(8-15-2)5-6-16-13/h3-4,7,10,13,15H,5-6,8H2,1-2H3. The highest BCUT2D eigenvalue weighted by atomic mass is 35.5. The highest BCUT2D eigenvalue weighted by Gasteiger charge is 2.29. The molecule has 1 aliphatic rings. The second-order valence-electron chi connectivity index (χ2n) is 4.40. The summed E-state index contributed by atoms with van der Waals surface area (Å²) in [5.41, 5.74) is 2.50. The maximum absolute atomic E-state index is 5.97. The first-order chi connectivity index (χ1) is 7.72. The summed E-state index contributed by atoms with van der Waals surface area (Å²) in [6.07, 6.45) is 1.36. The molecular weight excluding hydrogens is 222 g/mol. The lowest BCUT2D eigenvalue weighted by atomic mass is 9.92. The molecule has 2 unspecified atom stereocenters. The third-order valence-corrected chi connectivity index (χ3v) is 3.45. The summed E-state index contributed by atoms with van der Waals surface area (Å²) >= 11 is 5.97. The van der Waals surface area contributed by atoms with Gasteiger partial charge in [-0.15, -0.1) is 0 Å². The topological polar surface area (TPSA) is 21.3 Å². The van der Waals surface area contributed by atoms with E-state index in [-0.39, 0.29) is 6.10 Å². The largest absolute Gasteiger partial charge is 0.373 e. The third kappa shape index (κ3) is 2.40. The van der Waals surface area contributed by atoms with Crippen LogP contribution in [0.4, 0.5) is 0 Å². The molecule has 0 aliphatic carbocycles. The van der Waals surface area contributed by atoms with E-state index in [1.807, 2.05) is 19.2 Å². The maximum Gasteiger partial charge on any atom is 0.0868 e. The van der Waals surface area contributed by atoms with Crippen LogP contribution >= 0.6 is 11.6 Å². The monoisotopic (exact) mass is 239 g/mol. The highest BCUT2D eigenvalue weighted by Crippen LogP contribution is 2.36. The van der Waals surface area contributed by atoms with Gasteiger partial charge in [0.15, 0.2) is 0 Å². The van der Waals surface area contributed by atoms with Gasteiger partial charge in [-0.1, -0.05) is 17.7 Å². The average molecular weight is 240 g/mol. The zero-order valence-electron chi connectivity index (χ0n) is 9.79. The molecule has 88 valence electrons. The summed E-state index contributed by atoms with van der Waals surface area (Å²) in [6.45, 7) is 3.96. The Morgan fingerprint density at radius 3 is 3.00 bits per heavy atom. The Bertz CT molecular complexity index is 367. The summed E-state index contributed by atoms with van der Waals surface area (Å²) in [4.78, 5) is 0. The number of nitrogens with one attached hydrogen (secondary N) is 1. The van der Waals surface area contributed by atoms with Gasteiger partial charge < -0.3 is 10.1 Å². The Kier molecular flexibility index (Phi) is 3.85. The van der Waals surface area contributed by atoms with E-state index >= 15 is 0 Å². The third-order valence-electron chi connectivity index (χ3n) is 3.22. The van der Waals surface area contributed by atoms with Crippen LogP contribution < -0.4 is 5.32 Å². The summed E-state index contributed by atoms with van der Waals surface area (Å²) in [6, 6.07) is 6.05. The van der Waals surface area contributed by atoms with Crippen molar-refractivity contribution in [3.05, 3.63) is 34.3 Å². The van der Waals surface area contributed by atoms with Gasteiger partial charge in [0.05, 0.1) is 6.10 Å². The normalized spacial score (nSPS) is 24.9. The van der Waals surface area contributed by atoms with Gasteiger partial charge in [0, 0.05) is 24.1 Å². The van der Waals surface area contributed by atoms with Gasteiger partial charge in [0.1, 0.15) is 0 Å². The Balaban J connectivity index is 2.22. The SMILES string of the molecule is CNCC1CCOC1c1ccc(Cl)cc1C. The smallest absolute Gasteiger partial charge is 0.0868 e. The van der Waals surface area contributed by atoms with Gasteiger partial charge >= 0.3 is 0 Å². The number of halogens is 1. The zero-order valence-corrected chi connectivity index (χ0v) is 10.6. The molecule has 2 rings (SSSR count). The fourth-order valence-electron chi connectivity index (χ4n) is 2.41. The van der Waals surface area contributed by atoms with E-state index in [1.165, 1.54) is 11.1 Å². The van der Waals surface area contributed by atoms with Crippen LogP contribution in [0.25, 0.3) is 0 Å². The second kappa shape index (κ2) is 5.17. The highest BCUT2D eigenvalue weighted by molar-refractivity contribution is 6.30. The number of rotatable bonds is 3. The lowest BCUT2D eigenvalue weighted by Crippen LogP contribution is -2.21. The van der Waals surface area contributed by atoms with Crippen LogP contribution in [-0.4, -0.2) is 20.2 Å². The molecule has 0 saturated carbocycles. The van der Waals surface area contributed by atoms with Crippen LogP contribution in [0.2, 0.25) is 5.02 Å². The summed E-state index contributed by atoms with van der Waals surface area (Å²) in [7, 11) is 1.99. The van der Waals surface area contributed by atoms with Crippen molar-refractivity contribution >= 4 is 11.6 Å². The molecule has 0 bridgehead atoms. The summed E-state index contributed by atoms with van der Waals surface area (Å²) in [5, 5.41) is 4.03. The maximum atomic E-state index is 5.97. The minimum atomic E-state index is 0.227. The first-order valence-electron chi connectivity index (χ1n) is 5.74. The van der Waals surface area contributed by atoms with Crippen LogP contribution in [0.3, 0.4) is 0 Å². The van der Waals surface area contributed by atoms with Crippen LogP contribution in [0.1, 0.15) is 23.7 Å². The van der Waals surface area contributed by atoms with E-state index in [1.54, 1.807) is 0 Å². The van der Waals surface area contributed by atoms with Crippen molar-refractivity contribution in [2.75, 3.05) is 20.2 Å². The number of hydrogen-bond acceptors (Lipinski definition) is 2. The Hall–Kier alpha value is -0.570. The molecule has 2 atom stereocenters. The van der Waals surface area contributed by atoms with Crippen molar-refractivity contribution in [2.24, 2.45) is 5.92 Å². The van der Waals surface area contributed by atoms with Crippen molar-refractivity contribution in [2.45, 2.75) is 19.4 Å². The van der Waals surface area contributed by atoms with Crippen molar-refractivity contribution in [3.8, 4) is 0 Å². The molecule has 1 N–H and O–H groups in total. The van der Waals surface area contributed by atoms with E-state index in [9.17, 15) is 0 Å². The van der Waals surface area contributed by atoms with Crippen LogP contribution in [0.15, 0.2) is 18.2 Å². The van der Waals surface area contributed by atoms with Crippen molar-refractivity contribution in [1.29, 1.82) is 0 Å². The summed E-state index contributed by atoms with van der Waals surface area (Å²) < 4.78 is 5.84. The molecular formula is C13H18ClNO. The molecule has 3 heteroatoms. The van der Waals surface area contributed by atoms with E-state index in [2.05, 4.69) is 18.3 Å². The molecule has 0 amide bonds. The predicted octanol–water partition coefficient (Wildman–Crippen LogP) is 2.95. The number of ether oxygens (including phenoxy) is 1. The minimum absolute atomic E-state index is 0.227. The first kappa shape index (κ1) is 11.9. The number of benzene rings is 1. The molecule has 0 spiro atoms. The van der Waals surface area contributed by atoms with Crippen molar-refractivity contribution < 1.29 is 4.74 Å². The second-order valence-corrected chi connectivity index (χ2v) is 4.84. The van der Waals surface area contributed by atoms with E-state index in [4.69, 9.17) is 16.3 Å². The molecule has 1 aromatic carbocycles. The number of aryl methyl sites for hydroxylation is 1. The van der Waals surface area contributed by atoms with E-state index < -0.39 is 0 Å². The van der Waals surface area contributed by atoms with Crippen LogP contribution in [0, 0.1) is 12.8 Å². The molecule has 1 aromatic rings. The molecule has 1 aliphatic heterocycles. The summed E-state index contributed by atoms with van der Waals surface area (Å²) in [5.74, 6) is 0.574. The molecule has 0 radical (unpaired) electrons. The fraction of sp³-hybridized carbons (Fsp3) is 0.538. The van der Waals surface area contributed by atoms with Crippen LogP contribution in [0.5, 0.6) is 0 Å². The van der Waals surface area contributed by atoms with E-state index in [0.717, 1.165) is 24.6 Å². The number of hydrogen-bond donors (Lipinski definition) is 1. The first-order valence-corrected chi connectivity index (χ1v) is 6.12. The quantitative estimate of drug-likeness (QED) is 0.876. The molecule has 16 heavy (non-hydrogen) atoms. The van der Waals surface area contributed by atoms with Crippen LogP contribution in [-0.2, 0) is 4.74 Å². The molecule has 1 heterocycles. The van der Waals surface area contributed by atoms with Crippen molar-refractivity contribution in [1.82, 2.24) is 5.32 Å². The average Bonchev–Trinajstić information content (AvgIpc) is 2.67. The van der Waals surface area contributed by atoms with Gasteiger partial charge in [0.25, 0.3) is 0 Å². The fourth-order valence-corrected chi connectivity index (χ4v) is 2.63. The van der Waals surface area contributed by atoms with Gasteiger partial charge in [-0.25, -0.2) is 0 Å². The predicted molar refractivity (Wildman–Crippen MR) is 66.9 cm³/mol. The Morgan fingerprint density at radius 2 is 2.31 bits per heavy atom. The molecule has 1 saturated heterocycles. The zero-order chi connectivity index (χ0) is 11.5. The molecule has 0 aromatic heterocycles. The van der Waals surface area contributed by atoms with Gasteiger partial charge in [0.2, 0.25) is 0 Å². The van der Waals surface area contributed by atoms with E-state index in [0.29, 0.717) is 5.92 Å². The van der Waals surface area contributed by atoms with Gasteiger partial charge in [-0.3, -0.25) is 0 Å². The van der Waals surface area contributed by atoms with Gasteiger partial charge in [-0.05, 0) is 43.7 Å². The Morgan fingerprint density at radius 1 is 1.50 bits per heavy atom.